The average molecular weight is 509 g/mol. The lowest BCUT2D eigenvalue weighted by molar-refractivity contribution is -0.143. The first-order valence-corrected chi connectivity index (χ1v) is 11.3. The summed E-state index contributed by atoms with van der Waals surface area (Å²) in [4.78, 5) is 34.3. The van der Waals surface area contributed by atoms with Crippen LogP contribution in [0.15, 0.2) is 77.3 Å². The van der Waals surface area contributed by atoms with E-state index in [-0.39, 0.29) is 29.9 Å². The molecule has 3 atom stereocenters. The molecule has 0 radical (unpaired) electrons. The second-order valence-electron chi connectivity index (χ2n) is 7.96. The molecule has 0 bridgehead atoms. The molecule has 2 saturated heterocycles. The molecule has 0 saturated carbocycles. The van der Waals surface area contributed by atoms with Crippen LogP contribution in [-0.2, 0) is 21.0 Å². The quantitative estimate of drug-likeness (QED) is 0.520. The lowest BCUT2D eigenvalue weighted by atomic mass is 9.90. The minimum absolute atomic E-state index is 0.0393. The Morgan fingerprint density at radius 3 is 2.33 bits per heavy atom. The number of methoxy groups -OCH3 is 1. The van der Waals surface area contributed by atoms with E-state index in [4.69, 9.17) is 9.57 Å². The van der Waals surface area contributed by atoms with E-state index in [0.29, 0.717) is 10.0 Å². The zero-order valence-corrected chi connectivity index (χ0v) is 19.3. The van der Waals surface area contributed by atoms with Crippen LogP contribution < -0.4 is 9.80 Å². The number of aromatic hydroxyl groups is 1. The molecule has 2 amide bonds. The van der Waals surface area contributed by atoms with Crippen molar-refractivity contribution >= 4 is 33.4 Å². The molecule has 2 fully saturated rings. The number of hydroxylamine groups is 1. The summed E-state index contributed by atoms with van der Waals surface area (Å²) < 4.78 is 5.75. The van der Waals surface area contributed by atoms with Crippen LogP contribution in [-0.4, -0.2) is 35.0 Å². The van der Waals surface area contributed by atoms with Crippen LogP contribution >= 0.6 is 15.9 Å². The molecule has 33 heavy (non-hydrogen) atoms. The van der Waals surface area contributed by atoms with Crippen molar-refractivity contribution in [3.8, 4) is 11.5 Å². The Kier molecular flexibility index (Phi) is 5.55. The number of halogens is 1. The Balaban J connectivity index is 1.57. The summed E-state index contributed by atoms with van der Waals surface area (Å²) in [5.41, 5.74) is 2.26. The number of amides is 2. The SMILES string of the molecule is COc1cc([C@H]2[C@@H]3C(=O)N(Cc4ccccc4)C(=O)[C@H]3ON2c2ccccc2)cc(Br)c1O. The molecular weight excluding hydrogens is 488 g/mol. The van der Waals surface area contributed by atoms with E-state index in [1.165, 1.54) is 12.0 Å². The Morgan fingerprint density at radius 2 is 1.67 bits per heavy atom. The van der Waals surface area contributed by atoms with Gasteiger partial charge in [-0.1, -0.05) is 48.5 Å². The number of rotatable bonds is 5. The number of hydrogen-bond acceptors (Lipinski definition) is 6. The van der Waals surface area contributed by atoms with Gasteiger partial charge in [-0.3, -0.25) is 19.3 Å². The van der Waals surface area contributed by atoms with Crippen molar-refractivity contribution in [2.45, 2.75) is 18.7 Å². The molecule has 0 spiro atoms. The van der Waals surface area contributed by atoms with Gasteiger partial charge in [-0.15, -0.1) is 0 Å². The molecule has 7 nitrogen and oxygen atoms in total. The number of nitrogens with zero attached hydrogens (tertiary/aromatic N) is 2. The molecule has 168 valence electrons. The number of imide groups is 1. The van der Waals surface area contributed by atoms with Crippen molar-refractivity contribution in [3.05, 3.63) is 88.4 Å². The summed E-state index contributed by atoms with van der Waals surface area (Å²) in [6.45, 7) is 0.190. The molecule has 0 aromatic heterocycles. The van der Waals surface area contributed by atoms with Crippen molar-refractivity contribution in [2.75, 3.05) is 12.2 Å². The van der Waals surface area contributed by atoms with E-state index in [9.17, 15) is 14.7 Å². The Morgan fingerprint density at radius 1 is 1.00 bits per heavy atom. The van der Waals surface area contributed by atoms with Gasteiger partial charge in [0.2, 0.25) is 5.91 Å². The maximum absolute atomic E-state index is 13.6. The monoisotopic (exact) mass is 508 g/mol. The predicted molar refractivity (Wildman–Crippen MR) is 124 cm³/mol. The first-order chi connectivity index (χ1) is 16.0. The van der Waals surface area contributed by atoms with Gasteiger partial charge in [-0.05, 0) is 51.3 Å². The van der Waals surface area contributed by atoms with Gasteiger partial charge in [0.05, 0.1) is 29.9 Å². The van der Waals surface area contributed by atoms with E-state index in [1.807, 2.05) is 60.7 Å². The fourth-order valence-electron chi connectivity index (χ4n) is 4.45. The van der Waals surface area contributed by atoms with Gasteiger partial charge < -0.3 is 9.84 Å². The summed E-state index contributed by atoms with van der Waals surface area (Å²) in [6.07, 6.45) is -0.940. The van der Waals surface area contributed by atoms with Crippen LogP contribution in [0.25, 0.3) is 0 Å². The molecular formula is C25H21BrN2O5. The number of fused-ring (bicyclic) bond motifs is 1. The number of benzene rings is 3. The van der Waals surface area contributed by atoms with Gasteiger partial charge in [0.25, 0.3) is 5.91 Å². The number of likely N-dealkylation sites (tertiary alicyclic amines) is 1. The highest BCUT2D eigenvalue weighted by Crippen LogP contribution is 2.49. The molecule has 0 aliphatic carbocycles. The summed E-state index contributed by atoms with van der Waals surface area (Å²) in [7, 11) is 1.46. The summed E-state index contributed by atoms with van der Waals surface area (Å²) >= 11 is 3.37. The van der Waals surface area contributed by atoms with Crippen LogP contribution in [0.4, 0.5) is 5.69 Å². The zero-order valence-electron chi connectivity index (χ0n) is 17.7. The average Bonchev–Trinajstić information content (AvgIpc) is 3.34. The van der Waals surface area contributed by atoms with Crippen molar-refractivity contribution < 1.29 is 24.3 Å². The van der Waals surface area contributed by atoms with Crippen LogP contribution in [0, 0.1) is 5.92 Å². The minimum Gasteiger partial charge on any atom is -0.503 e. The first-order valence-electron chi connectivity index (χ1n) is 10.5. The number of para-hydroxylation sites is 1. The van der Waals surface area contributed by atoms with Crippen LogP contribution in [0.1, 0.15) is 17.2 Å². The number of anilines is 1. The molecule has 3 aromatic rings. The molecule has 1 N–H and O–H groups in total. The smallest absolute Gasteiger partial charge is 0.262 e. The van der Waals surface area contributed by atoms with E-state index in [2.05, 4.69) is 15.9 Å². The molecule has 2 heterocycles. The number of phenols is 1. The normalized spacial score (nSPS) is 22.1. The fraction of sp³-hybridized carbons (Fsp3) is 0.200. The molecule has 0 unspecified atom stereocenters. The van der Waals surface area contributed by atoms with E-state index in [1.54, 1.807) is 17.2 Å². The number of ether oxygens (including phenoxy) is 1. The third kappa shape index (κ3) is 3.65. The first kappa shape index (κ1) is 21.5. The van der Waals surface area contributed by atoms with Gasteiger partial charge in [0.1, 0.15) is 5.92 Å². The van der Waals surface area contributed by atoms with Crippen LogP contribution in [0.2, 0.25) is 0 Å². The minimum atomic E-state index is -0.940. The molecule has 5 rings (SSSR count). The Labute approximate surface area is 199 Å². The third-order valence-corrected chi connectivity index (χ3v) is 6.62. The predicted octanol–water partition coefficient (Wildman–Crippen LogP) is 4.21. The largest absolute Gasteiger partial charge is 0.503 e. The Bertz CT molecular complexity index is 1200. The summed E-state index contributed by atoms with van der Waals surface area (Å²) in [5.74, 6) is -1.18. The molecule has 8 heteroatoms. The summed E-state index contributed by atoms with van der Waals surface area (Å²) in [6, 6.07) is 21.5. The highest BCUT2D eigenvalue weighted by molar-refractivity contribution is 9.10. The maximum Gasteiger partial charge on any atom is 0.262 e. The molecule has 2 aliphatic heterocycles. The molecule has 3 aromatic carbocycles. The Hall–Kier alpha value is -3.36. The van der Waals surface area contributed by atoms with Crippen molar-refractivity contribution in [1.82, 2.24) is 4.90 Å². The molecule has 2 aliphatic rings. The van der Waals surface area contributed by atoms with Gasteiger partial charge in [0, 0.05) is 0 Å². The fourth-order valence-corrected chi connectivity index (χ4v) is 4.91. The second kappa shape index (κ2) is 8.53. The van der Waals surface area contributed by atoms with Crippen LogP contribution in [0.5, 0.6) is 11.5 Å². The third-order valence-electron chi connectivity index (χ3n) is 6.01. The van der Waals surface area contributed by atoms with E-state index >= 15 is 0 Å². The van der Waals surface area contributed by atoms with Crippen molar-refractivity contribution in [3.63, 3.8) is 0 Å². The van der Waals surface area contributed by atoms with Crippen molar-refractivity contribution in [2.24, 2.45) is 5.92 Å². The van der Waals surface area contributed by atoms with Gasteiger partial charge in [-0.25, -0.2) is 5.06 Å². The van der Waals surface area contributed by atoms with Crippen molar-refractivity contribution in [1.29, 1.82) is 0 Å². The van der Waals surface area contributed by atoms with Gasteiger partial charge in [0.15, 0.2) is 17.6 Å². The van der Waals surface area contributed by atoms with Gasteiger partial charge >= 0.3 is 0 Å². The lowest BCUT2D eigenvalue weighted by Crippen LogP contribution is -2.36. The summed E-state index contributed by atoms with van der Waals surface area (Å²) in [5, 5.41) is 11.9. The highest BCUT2D eigenvalue weighted by atomic mass is 79.9. The number of carbonyl (C=O) groups excluding carboxylic acids is 2. The number of phenolic OH excluding ortho intramolecular Hbond substituents is 1. The highest BCUT2D eigenvalue weighted by Gasteiger charge is 2.59. The zero-order chi connectivity index (χ0) is 23.1. The van der Waals surface area contributed by atoms with Crippen LogP contribution in [0.3, 0.4) is 0 Å². The topological polar surface area (TPSA) is 79.3 Å². The standard InChI is InChI=1S/C25H21BrN2O5/c1-32-19-13-16(12-18(26)22(19)29)21-20-23(33-28(21)17-10-6-3-7-11-17)25(31)27(24(20)30)14-15-8-4-2-5-9-15/h2-13,20-21,23,29H,14H2,1H3/t20-,21-,23-/m0/s1. The van der Waals surface area contributed by atoms with E-state index < -0.39 is 18.1 Å². The van der Waals surface area contributed by atoms with E-state index in [0.717, 1.165) is 11.3 Å². The second-order valence-corrected chi connectivity index (χ2v) is 8.81. The number of hydrogen-bond donors (Lipinski definition) is 1. The number of carbonyl (C=O) groups is 2. The lowest BCUT2D eigenvalue weighted by Gasteiger charge is -2.29. The van der Waals surface area contributed by atoms with Gasteiger partial charge in [-0.2, -0.15) is 0 Å². The maximum atomic E-state index is 13.6.